The molecule has 2 aromatic carbocycles. The molecule has 0 spiro atoms. The minimum absolute atomic E-state index is 0.159. The van der Waals surface area contributed by atoms with E-state index in [9.17, 15) is 9.90 Å². The van der Waals surface area contributed by atoms with Gasteiger partial charge in [-0.1, -0.05) is 60.7 Å². The number of likely N-dealkylation sites (tertiary alicyclic amines) is 1. The molecule has 0 atom stereocenters. The maximum absolute atomic E-state index is 12.4. The van der Waals surface area contributed by atoms with Crippen molar-refractivity contribution in [2.24, 2.45) is 5.92 Å². The summed E-state index contributed by atoms with van der Waals surface area (Å²) in [5.74, 6) is 0.631. The van der Waals surface area contributed by atoms with Crippen molar-refractivity contribution in [3.05, 3.63) is 95.8 Å². The number of carbonyl (C=O) groups excluding carboxylic acids is 1. The van der Waals surface area contributed by atoms with Crippen LogP contribution < -0.4 is 5.32 Å². The number of piperidine rings is 1. The number of aromatic nitrogens is 3. The van der Waals surface area contributed by atoms with E-state index in [1.807, 2.05) is 86.6 Å². The largest absolute Gasteiger partial charge is 0.465 e. The van der Waals surface area contributed by atoms with Crippen LogP contribution in [0.2, 0.25) is 0 Å². The standard InChI is InChI=1S/C33H41N5O3/c1-4-41-31(39)32(2,3)28-24-38-30(35-28)17-16-29(36-38)34-20-11-21-37-22-18-27(19-23-37)33(40,25-12-7-5-8-13-25)26-14-9-6-10-15-26/h5-10,12-17,24,27,40H,4,11,18-23H2,1-3H3,(H,34,36). The van der Waals surface area contributed by atoms with E-state index in [-0.39, 0.29) is 11.9 Å². The van der Waals surface area contributed by atoms with E-state index in [1.54, 1.807) is 17.6 Å². The molecule has 0 unspecified atom stereocenters. The number of nitrogens with zero attached hydrogens (tertiary/aromatic N) is 4. The highest BCUT2D eigenvalue weighted by Gasteiger charge is 2.41. The number of hydrogen-bond donors (Lipinski definition) is 2. The van der Waals surface area contributed by atoms with Gasteiger partial charge in [0.25, 0.3) is 0 Å². The highest BCUT2D eigenvalue weighted by Crippen LogP contribution is 2.41. The first-order valence-electron chi connectivity index (χ1n) is 14.7. The SMILES string of the molecule is CCOC(=O)C(C)(C)c1cn2nc(NCCCN3CCC(C(O)(c4ccccc4)c4ccccc4)CC3)ccc2n1. The molecule has 1 saturated heterocycles. The van der Waals surface area contributed by atoms with Crippen LogP contribution in [0.3, 0.4) is 0 Å². The molecule has 5 rings (SSSR count). The lowest BCUT2D eigenvalue weighted by molar-refractivity contribution is -0.148. The Hall–Kier alpha value is -3.75. The van der Waals surface area contributed by atoms with Crippen molar-refractivity contribution in [3.63, 3.8) is 0 Å². The second-order valence-electron chi connectivity index (χ2n) is 11.4. The van der Waals surface area contributed by atoms with Crippen molar-refractivity contribution in [2.45, 2.75) is 51.0 Å². The molecule has 1 fully saturated rings. The third-order valence-electron chi connectivity index (χ3n) is 8.31. The number of imidazole rings is 1. The van der Waals surface area contributed by atoms with Gasteiger partial charge in [0.2, 0.25) is 0 Å². The van der Waals surface area contributed by atoms with Crippen LogP contribution >= 0.6 is 0 Å². The van der Waals surface area contributed by atoms with Gasteiger partial charge in [0.05, 0.1) is 18.5 Å². The summed E-state index contributed by atoms with van der Waals surface area (Å²) in [5.41, 5.74) is 1.43. The number of carbonyl (C=O) groups is 1. The number of ether oxygens (including phenoxy) is 1. The third-order valence-corrected chi connectivity index (χ3v) is 8.31. The van der Waals surface area contributed by atoms with Crippen LogP contribution in [0.1, 0.15) is 56.9 Å². The van der Waals surface area contributed by atoms with Crippen molar-refractivity contribution in [2.75, 3.05) is 38.1 Å². The van der Waals surface area contributed by atoms with Crippen LogP contribution in [0.5, 0.6) is 0 Å². The molecule has 8 heteroatoms. The van der Waals surface area contributed by atoms with Gasteiger partial charge in [-0.05, 0) is 88.8 Å². The Morgan fingerprint density at radius 3 is 2.24 bits per heavy atom. The molecule has 41 heavy (non-hydrogen) atoms. The molecular formula is C33H41N5O3. The summed E-state index contributed by atoms with van der Waals surface area (Å²) in [5, 5.41) is 20.2. The average Bonchev–Trinajstić information content (AvgIpc) is 3.45. The van der Waals surface area contributed by atoms with Gasteiger partial charge >= 0.3 is 5.97 Å². The van der Waals surface area contributed by atoms with Crippen molar-refractivity contribution in [1.29, 1.82) is 0 Å². The Morgan fingerprint density at radius 1 is 1.00 bits per heavy atom. The molecule has 1 aliphatic heterocycles. The van der Waals surface area contributed by atoms with Crippen molar-refractivity contribution >= 4 is 17.4 Å². The zero-order valence-electron chi connectivity index (χ0n) is 24.3. The summed E-state index contributed by atoms with van der Waals surface area (Å²) >= 11 is 0. The van der Waals surface area contributed by atoms with E-state index in [0.29, 0.717) is 17.9 Å². The van der Waals surface area contributed by atoms with Gasteiger partial charge in [0.15, 0.2) is 5.65 Å². The first-order valence-corrected chi connectivity index (χ1v) is 14.7. The van der Waals surface area contributed by atoms with E-state index in [4.69, 9.17) is 4.74 Å². The molecule has 0 amide bonds. The van der Waals surface area contributed by atoms with Gasteiger partial charge < -0.3 is 20.1 Å². The minimum Gasteiger partial charge on any atom is -0.465 e. The zero-order valence-corrected chi connectivity index (χ0v) is 24.3. The van der Waals surface area contributed by atoms with Crippen molar-refractivity contribution in [3.8, 4) is 0 Å². The fourth-order valence-electron chi connectivity index (χ4n) is 5.81. The first kappa shape index (κ1) is 28.8. The van der Waals surface area contributed by atoms with Gasteiger partial charge in [-0.15, -0.1) is 5.10 Å². The number of nitrogens with one attached hydrogen (secondary N) is 1. The summed E-state index contributed by atoms with van der Waals surface area (Å²) in [6.07, 6.45) is 4.67. The Morgan fingerprint density at radius 2 is 1.63 bits per heavy atom. The summed E-state index contributed by atoms with van der Waals surface area (Å²) in [4.78, 5) is 19.5. The molecule has 0 aliphatic carbocycles. The number of anilines is 1. The predicted octanol–water partition coefficient (Wildman–Crippen LogP) is 5.02. The monoisotopic (exact) mass is 555 g/mol. The number of fused-ring (bicyclic) bond motifs is 1. The maximum Gasteiger partial charge on any atom is 0.317 e. The molecule has 0 radical (unpaired) electrons. The second kappa shape index (κ2) is 12.4. The minimum atomic E-state index is -0.987. The van der Waals surface area contributed by atoms with E-state index in [0.717, 1.165) is 62.4 Å². The Balaban J connectivity index is 1.14. The van der Waals surface area contributed by atoms with Gasteiger partial charge in [-0.2, -0.15) is 0 Å². The Bertz CT molecular complexity index is 1390. The number of aliphatic hydroxyl groups is 1. The smallest absolute Gasteiger partial charge is 0.317 e. The van der Waals surface area contributed by atoms with Gasteiger partial charge in [-0.3, -0.25) is 4.79 Å². The second-order valence-corrected chi connectivity index (χ2v) is 11.4. The maximum atomic E-state index is 12.4. The molecule has 2 aromatic heterocycles. The van der Waals surface area contributed by atoms with Crippen LogP contribution in [-0.2, 0) is 20.5 Å². The highest BCUT2D eigenvalue weighted by molar-refractivity contribution is 5.81. The topological polar surface area (TPSA) is 92.0 Å². The molecule has 3 heterocycles. The molecule has 216 valence electrons. The number of hydrogen-bond acceptors (Lipinski definition) is 7. The molecule has 0 saturated carbocycles. The molecule has 1 aliphatic rings. The molecule has 8 nitrogen and oxygen atoms in total. The highest BCUT2D eigenvalue weighted by atomic mass is 16.5. The summed E-state index contributed by atoms with van der Waals surface area (Å²) in [7, 11) is 0. The fourth-order valence-corrected chi connectivity index (χ4v) is 5.81. The summed E-state index contributed by atoms with van der Waals surface area (Å²) < 4.78 is 6.93. The molecule has 2 N–H and O–H groups in total. The average molecular weight is 556 g/mol. The zero-order chi connectivity index (χ0) is 28.9. The van der Waals surface area contributed by atoms with Crippen molar-refractivity contribution < 1.29 is 14.6 Å². The van der Waals surface area contributed by atoms with Crippen LogP contribution in [0.25, 0.3) is 5.65 Å². The van der Waals surface area contributed by atoms with Crippen LogP contribution in [-0.4, -0.2) is 63.4 Å². The predicted molar refractivity (Wildman–Crippen MR) is 161 cm³/mol. The van der Waals surface area contributed by atoms with Gasteiger partial charge in [-0.25, -0.2) is 9.50 Å². The first-order chi connectivity index (χ1) is 19.8. The van der Waals surface area contributed by atoms with E-state index < -0.39 is 11.0 Å². The van der Waals surface area contributed by atoms with Gasteiger partial charge in [0.1, 0.15) is 16.8 Å². The lowest BCUT2D eigenvalue weighted by Gasteiger charge is -2.42. The summed E-state index contributed by atoms with van der Waals surface area (Å²) in [6.45, 7) is 9.49. The summed E-state index contributed by atoms with van der Waals surface area (Å²) in [6, 6.07) is 24.0. The third kappa shape index (κ3) is 6.14. The lowest BCUT2D eigenvalue weighted by Crippen LogP contribution is -2.44. The molecular weight excluding hydrogens is 514 g/mol. The van der Waals surface area contributed by atoms with Crippen LogP contribution in [0.4, 0.5) is 5.82 Å². The van der Waals surface area contributed by atoms with Crippen molar-refractivity contribution in [1.82, 2.24) is 19.5 Å². The Kier molecular flexibility index (Phi) is 8.71. The quantitative estimate of drug-likeness (QED) is 0.198. The van der Waals surface area contributed by atoms with E-state index in [2.05, 4.69) is 20.3 Å². The number of rotatable bonds is 11. The van der Waals surface area contributed by atoms with Crippen LogP contribution in [0, 0.1) is 5.92 Å². The van der Waals surface area contributed by atoms with Crippen LogP contribution in [0.15, 0.2) is 79.0 Å². The lowest BCUT2D eigenvalue weighted by atomic mass is 9.72. The number of esters is 1. The molecule has 4 aromatic rings. The molecule has 0 bridgehead atoms. The number of benzene rings is 2. The Labute approximate surface area is 242 Å². The van der Waals surface area contributed by atoms with Gasteiger partial charge in [0, 0.05) is 6.54 Å². The van der Waals surface area contributed by atoms with E-state index >= 15 is 0 Å². The van der Waals surface area contributed by atoms with E-state index in [1.165, 1.54) is 0 Å². The fraction of sp³-hybridized carbons (Fsp3) is 0.424. The normalized spacial score (nSPS) is 15.2.